The largest absolute Gasteiger partial charge is 0.480 e. The Morgan fingerprint density at radius 1 is 1.50 bits per heavy atom. The number of carboxylic acid groups (broad SMARTS) is 1. The molecule has 1 unspecified atom stereocenters. The molecule has 92 valence electrons. The quantitative estimate of drug-likeness (QED) is 0.726. The summed E-state index contributed by atoms with van der Waals surface area (Å²) < 4.78 is 0. The predicted octanol–water partition coefficient (Wildman–Crippen LogP) is 0.308. The lowest BCUT2D eigenvalue weighted by atomic mass is 10.1. The number of rotatable bonds is 4. The number of carbonyl (C=O) groups excluding carboxylic acids is 1. The molecular weight excluding hydrogens is 208 g/mol. The molecule has 0 aromatic rings. The highest BCUT2D eigenvalue weighted by Gasteiger charge is 2.31. The zero-order valence-electron chi connectivity index (χ0n) is 9.90. The molecule has 0 saturated carbocycles. The average molecular weight is 228 g/mol. The molecule has 0 spiro atoms. The molecule has 1 rings (SSSR count). The fourth-order valence-corrected chi connectivity index (χ4v) is 1.78. The van der Waals surface area contributed by atoms with Gasteiger partial charge in [-0.2, -0.15) is 0 Å². The molecule has 1 fully saturated rings. The first-order chi connectivity index (χ1) is 7.52. The van der Waals surface area contributed by atoms with Gasteiger partial charge in [-0.3, -0.25) is 4.79 Å². The Labute approximate surface area is 95.8 Å². The first kappa shape index (κ1) is 13.0. The fourth-order valence-electron chi connectivity index (χ4n) is 1.78. The first-order valence-corrected chi connectivity index (χ1v) is 5.75. The third-order valence-corrected chi connectivity index (χ3v) is 2.78. The summed E-state index contributed by atoms with van der Waals surface area (Å²) in [5.41, 5.74) is 0. The van der Waals surface area contributed by atoms with Gasteiger partial charge < -0.3 is 15.3 Å². The molecule has 1 atom stereocenters. The minimum absolute atomic E-state index is 0.0393. The van der Waals surface area contributed by atoms with Gasteiger partial charge >= 0.3 is 5.97 Å². The molecule has 0 aliphatic carbocycles. The van der Waals surface area contributed by atoms with Crippen LogP contribution in [-0.2, 0) is 9.59 Å². The van der Waals surface area contributed by atoms with E-state index >= 15 is 0 Å². The van der Waals surface area contributed by atoms with Crippen molar-refractivity contribution < 1.29 is 14.7 Å². The Balaban J connectivity index is 2.54. The van der Waals surface area contributed by atoms with E-state index in [-0.39, 0.29) is 5.91 Å². The predicted molar refractivity (Wildman–Crippen MR) is 60.1 cm³/mol. The molecule has 1 aliphatic heterocycles. The maximum Gasteiger partial charge on any atom is 0.327 e. The maximum atomic E-state index is 11.9. The molecule has 2 N–H and O–H groups in total. The van der Waals surface area contributed by atoms with Crippen molar-refractivity contribution in [1.82, 2.24) is 10.2 Å². The molecule has 1 saturated heterocycles. The van der Waals surface area contributed by atoms with Crippen LogP contribution >= 0.6 is 0 Å². The van der Waals surface area contributed by atoms with Crippen LogP contribution in [0.4, 0.5) is 0 Å². The SMILES string of the molecule is CC(C)CCC(=O)N1CCNCC1C(=O)O. The zero-order chi connectivity index (χ0) is 12.1. The molecule has 0 aromatic carbocycles. The lowest BCUT2D eigenvalue weighted by Gasteiger charge is -2.33. The van der Waals surface area contributed by atoms with Crippen LogP contribution < -0.4 is 5.32 Å². The number of aliphatic carboxylic acids is 1. The van der Waals surface area contributed by atoms with Crippen LogP contribution in [0, 0.1) is 5.92 Å². The second-order valence-electron chi connectivity index (χ2n) is 4.58. The molecule has 0 radical (unpaired) electrons. The van der Waals surface area contributed by atoms with Crippen LogP contribution in [0.5, 0.6) is 0 Å². The summed E-state index contributed by atoms with van der Waals surface area (Å²) in [5, 5.41) is 12.0. The minimum Gasteiger partial charge on any atom is -0.480 e. The summed E-state index contributed by atoms with van der Waals surface area (Å²) in [4.78, 5) is 24.3. The number of hydrogen-bond acceptors (Lipinski definition) is 3. The number of piperazine rings is 1. The Hall–Kier alpha value is -1.10. The van der Waals surface area contributed by atoms with Crippen molar-refractivity contribution in [3.8, 4) is 0 Å². The van der Waals surface area contributed by atoms with Gasteiger partial charge in [0.1, 0.15) is 6.04 Å². The Morgan fingerprint density at radius 3 is 2.75 bits per heavy atom. The monoisotopic (exact) mass is 228 g/mol. The summed E-state index contributed by atoms with van der Waals surface area (Å²) in [5.74, 6) is -0.497. The number of carboxylic acids is 1. The summed E-state index contributed by atoms with van der Waals surface area (Å²) >= 11 is 0. The molecule has 0 aromatic heterocycles. The highest BCUT2D eigenvalue weighted by Crippen LogP contribution is 2.10. The van der Waals surface area contributed by atoms with Crippen LogP contribution in [-0.4, -0.2) is 47.6 Å². The highest BCUT2D eigenvalue weighted by atomic mass is 16.4. The third kappa shape index (κ3) is 3.48. The van der Waals surface area contributed by atoms with Crippen molar-refractivity contribution in [2.24, 2.45) is 5.92 Å². The molecule has 0 bridgehead atoms. The van der Waals surface area contributed by atoms with Crippen molar-refractivity contribution in [1.29, 1.82) is 0 Å². The van der Waals surface area contributed by atoms with E-state index in [4.69, 9.17) is 5.11 Å². The number of hydrogen-bond donors (Lipinski definition) is 2. The van der Waals surface area contributed by atoms with Gasteiger partial charge in [0.05, 0.1) is 0 Å². The average Bonchev–Trinajstić information content (AvgIpc) is 2.25. The van der Waals surface area contributed by atoms with E-state index in [1.54, 1.807) is 0 Å². The van der Waals surface area contributed by atoms with Gasteiger partial charge in [0.2, 0.25) is 5.91 Å². The Bertz CT molecular complexity index is 266. The van der Waals surface area contributed by atoms with E-state index in [2.05, 4.69) is 19.2 Å². The molecule has 5 nitrogen and oxygen atoms in total. The maximum absolute atomic E-state index is 11.9. The second-order valence-corrected chi connectivity index (χ2v) is 4.58. The van der Waals surface area contributed by atoms with Gasteiger partial charge in [0, 0.05) is 26.1 Å². The van der Waals surface area contributed by atoms with E-state index in [9.17, 15) is 9.59 Å². The summed E-state index contributed by atoms with van der Waals surface area (Å²) in [6.07, 6.45) is 1.26. The second kappa shape index (κ2) is 5.84. The Morgan fingerprint density at radius 2 is 2.19 bits per heavy atom. The van der Waals surface area contributed by atoms with E-state index in [1.807, 2.05) is 0 Å². The zero-order valence-corrected chi connectivity index (χ0v) is 9.90. The van der Waals surface area contributed by atoms with E-state index in [0.29, 0.717) is 32.0 Å². The van der Waals surface area contributed by atoms with Crippen molar-refractivity contribution in [2.45, 2.75) is 32.7 Å². The van der Waals surface area contributed by atoms with Gasteiger partial charge in [0.15, 0.2) is 0 Å². The lowest BCUT2D eigenvalue weighted by Crippen LogP contribution is -2.56. The van der Waals surface area contributed by atoms with E-state index < -0.39 is 12.0 Å². The van der Waals surface area contributed by atoms with Gasteiger partial charge in [-0.05, 0) is 12.3 Å². The van der Waals surface area contributed by atoms with Crippen LogP contribution in [0.2, 0.25) is 0 Å². The van der Waals surface area contributed by atoms with E-state index in [1.165, 1.54) is 4.90 Å². The normalized spacial score (nSPS) is 21.2. The van der Waals surface area contributed by atoms with Crippen molar-refractivity contribution >= 4 is 11.9 Å². The number of nitrogens with zero attached hydrogens (tertiary/aromatic N) is 1. The summed E-state index contributed by atoms with van der Waals surface area (Å²) in [6.45, 7) is 5.63. The van der Waals surface area contributed by atoms with Crippen LogP contribution in [0.15, 0.2) is 0 Å². The highest BCUT2D eigenvalue weighted by molar-refractivity contribution is 5.84. The molecule has 1 heterocycles. The van der Waals surface area contributed by atoms with Gasteiger partial charge in [-0.25, -0.2) is 4.79 Å². The van der Waals surface area contributed by atoms with E-state index in [0.717, 1.165) is 6.42 Å². The smallest absolute Gasteiger partial charge is 0.327 e. The summed E-state index contributed by atoms with van der Waals surface area (Å²) in [6, 6.07) is -0.701. The minimum atomic E-state index is -0.926. The molecule has 1 aliphatic rings. The topological polar surface area (TPSA) is 69.6 Å². The standard InChI is InChI=1S/C11H20N2O3/c1-8(2)3-4-10(14)13-6-5-12-7-9(13)11(15)16/h8-9,12H,3-7H2,1-2H3,(H,15,16). The van der Waals surface area contributed by atoms with Crippen LogP contribution in [0.1, 0.15) is 26.7 Å². The summed E-state index contributed by atoms with van der Waals surface area (Å²) in [7, 11) is 0. The first-order valence-electron chi connectivity index (χ1n) is 5.75. The number of amides is 1. The van der Waals surface area contributed by atoms with Gasteiger partial charge in [-0.15, -0.1) is 0 Å². The number of carbonyl (C=O) groups is 2. The van der Waals surface area contributed by atoms with Crippen LogP contribution in [0.3, 0.4) is 0 Å². The number of nitrogens with one attached hydrogen (secondary N) is 1. The fraction of sp³-hybridized carbons (Fsp3) is 0.818. The van der Waals surface area contributed by atoms with Gasteiger partial charge in [0.25, 0.3) is 0 Å². The van der Waals surface area contributed by atoms with Gasteiger partial charge in [-0.1, -0.05) is 13.8 Å². The Kier molecular flexibility index (Phi) is 4.73. The van der Waals surface area contributed by atoms with Crippen molar-refractivity contribution in [3.63, 3.8) is 0 Å². The molecular formula is C11H20N2O3. The lowest BCUT2D eigenvalue weighted by molar-refractivity contribution is -0.151. The van der Waals surface area contributed by atoms with Crippen molar-refractivity contribution in [3.05, 3.63) is 0 Å². The molecule has 1 amide bonds. The third-order valence-electron chi connectivity index (χ3n) is 2.78. The molecule has 5 heteroatoms. The van der Waals surface area contributed by atoms with Crippen LogP contribution in [0.25, 0.3) is 0 Å². The van der Waals surface area contributed by atoms with Crippen molar-refractivity contribution in [2.75, 3.05) is 19.6 Å². The molecule has 16 heavy (non-hydrogen) atoms.